The molecule has 1 aliphatic heterocycles. The van der Waals surface area contributed by atoms with Crippen molar-refractivity contribution < 1.29 is 19.8 Å². The highest BCUT2D eigenvalue weighted by atomic mass is 32.2. The molecule has 0 aromatic carbocycles. The lowest BCUT2D eigenvalue weighted by atomic mass is 10.2. The van der Waals surface area contributed by atoms with Gasteiger partial charge in [-0.2, -0.15) is 11.8 Å². The Bertz CT molecular complexity index is 256. The van der Waals surface area contributed by atoms with Gasteiger partial charge in [-0.3, -0.25) is 0 Å². The van der Waals surface area contributed by atoms with E-state index in [0.29, 0.717) is 13.1 Å². The minimum Gasteiger partial charge on any atom is -0.480 e. The van der Waals surface area contributed by atoms with Crippen molar-refractivity contribution in [1.82, 2.24) is 10.2 Å². The molecule has 0 spiro atoms. The highest BCUT2D eigenvalue weighted by Crippen LogP contribution is 2.09. The molecule has 0 radical (unpaired) electrons. The van der Waals surface area contributed by atoms with Gasteiger partial charge in [-0.15, -0.1) is 0 Å². The average Bonchev–Trinajstić information content (AvgIpc) is 2.29. The summed E-state index contributed by atoms with van der Waals surface area (Å²) >= 11 is 1.77. The molecule has 0 aliphatic carbocycles. The molecule has 1 atom stereocenters. The van der Waals surface area contributed by atoms with E-state index in [1.807, 2.05) is 0 Å². The van der Waals surface area contributed by atoms with Crippen LogP contribution >= 0.6 is 11.8 Å². The minimum atomic E-state index is -1.12. The van der Waals surface area contributed by atoms with E-state index < -0.39 is 12.0 Å². The summed E-state index contributed by atoms with van der Waals surface area (Å²) in [6, 6.07) is -1.37. The maximum Gasteiger partial charge on any atom is 0.326 e. The average molecular weight is 248 g/mol. The first-order valence-electron chi connectivity index (χ1n) is 5.12. The third-order valence-electron chi connectivity index (χ3n) is 2.31. The van der Waals surface area contributed by atoms with Gasteiger partial charge in [-0.05, 0) is 0 Å². The van der Waals surface area contributed by atoms with Crippen LogP contribution in [0.5, 0.6) is 0 Å². The standard InChI is InChI=1S/C9H16N2O4S/c12-4-1-7(8(13)14)10-9(15)11-2-5-16-6-3-11/h7,12H,1-6H2,(H,10,15)(H,13,14). The first kappa shape index (κ1) is 13.1. The van der Waals surface area contributed by atoms with Crippen LogP contribution in [0.2, 0.25) is 0 Å². The number of aliphatic hydroxyl groups is 1. The summed E-state index contributed by atoms with van der Waals surface area (Å²) in [5.74, 6) is 0.643. The van der Waals surface area contributed by atoms with Crippen molar-refractivity contribution in [3.05, 3.63) is 0 Å². The number of rotatable bonds is 4. The zero-order chi connectivity index (χ0) is 12.0. The Labute approximate surface area is 98.0 Å². The SMILES string of the molecule is O=C(O)C(CCO)NC(=O)N1CCSCC1. The molecule has 1 unspecified atom stereocenters. The smallest absolute Gasteiger partial charge is 0.326 e. The Morgan fingerprint density at radius 1 is 1.38 bits per heavy atom. The molecule has 3 N–H and O–H groups in total. The summed E-state index contributed by atoms with van der Waals surface area (Å²) in [6.07, 6.45) is 0.0314. The molecule has 0 saturated carbocycles. The van der Waals surface area contributed by atoms with Crippen molar-refractivity contribution in [1.29, 1.82) is 0 Å². The van der Waals surface area contributed by atoms with Gasteiger partial charge >= 0.3 is 12.0 Å². The molecule has 1 fully saturated rings. The summed E-state index contributed by atoms with van der Waals surface area (Å²) < 4.78 is 0. The summed E-state index contributed by atoms with van der Waals surface area (Å²) in [7, 11) is 0. The third-order valence-corrected chi connectivity index (χ3v) is 3.25. The molecule has 1 heterocycles. The van der Waals surface area contributed by atoms with Crippen molar-refractivity contribution in [3.8, 4) is 0 Å². The molecule has 0 aromatic rings. The van der Waals surface area contributed by atoms with E-state index in [-0.39, 0.29) is 19.1 Å². The third kappa shape index (κ3) is 3.90. The maximum atomic E-state index is 11.6. The summed E-state index contributed by atoms with van der Waals surface area (Å²) in [4.78, 5) is 24.0. The number of aliphatic hydroxyl groups excluding tert-OH is 1. The van der Waals surface area contributed by atoms with Crippen LogP contribution in [-0.4, -0.2) is 64.4 Å². The predicted octanol–water partition coefficient (Wildman–Crippen LogP) is -0.420. The quantitative estimate of drug-likeness (QED) is 0.628. The van der Waals surface area contributed by atoms with Gasteiger partial charge in [0.15, 0.2) is 0 Å². The fourth-order valence-electron chi connectivity index (χ4n) is 1.39. The van der Waals surface area contributed by atoms with Crippen LogP contribution in [0.3, 0.4) is 0 Å². The van der Waals surface area contributed by atoms with Crippen LogP contribution < -0.4 is 5.32 Å². The van der Waals surface area contributed by atoms with Crippen molar-refractivity contribution >= 4 is 23.8 Å². The fraction of sp³-hybridized carbons (Fsp3) is 0.778. The highest BCUT2D eigenvalue weighted by Gasteiger charge is 2.23. The van der Waals surface area contributed by atoms with Gasteiger partial charge in [-0.25, -0.2) is 9.59 Å². The zero-order valence-electron chi connectivity index (χ0n) is 8.89. The van der Waals surface area contributed by atoms with Crippen molar-refractivity contribution in [2.75, 3.05) is 31.2 Å². The number of carbonyl (C=O) groups is 2. The van der Waals surface area contributed by atoms with Gasteiger partial charge in [0.05, 0.1) is 0 Å². The van der Waals surface area contributed by atoms with Crippen LogP contribution in [0.4, 0.5) is 4.79 Å². The summed E-state index contributed by atoms with van der Waals surface area (Å²) in [5.41, 5.74) is 0. The first-order valence-corrected chi connectivity index (χ1v) is 6.27. The number of hydrogen-bond acceptors (Lipinski definition) is 4. The molecule has 1 aliphatic rings. The maximum absolute atomic E-state index is 11.6. The van der Waals surface area contributed by atoms with Gasteiger partial charge in [0.2, 0.25) is 0 Å². The van der Waals surface area contributed by atoms with Gasteiger partial charge in [0, 0.05) is 37.6 Å². The van der Waals surface area contributed by atoms with Crippen LogP contribution in [-0.2, 0) is 4.79 Å². The van der Waals surface area contributed by atoms with Gasteiger partial charge < -0.3 is 20.4 Å². The normalized spacial score (nSPS) is 17.9. The molecule has 7 heteroatoms. The monoisotopic (exact) mass is 248 g/mol. The van der Waals surface area contributed by atoms with Crippen molar-refractivity contribution in [2.45, 2.75) is 12.5 Å². The second-order valence-corrected chi connectivity index (χ2v) is 4.68. The van der Waals surface area contributed by atoms with Crippen LogP contribution in [0.25, 0.3) is 0 Å². The van der Waals surface area contributed by atoms with Gasteiger partial charge in [0.25, 0.3) is 0 Å². The minimum absolute atomic E-state index is 0.0314. The molecular weight excluding hydrogens is 232 g/mol. The number of thioether (sulfide) groups is 1. The first-order chi connectivity index (χ1) is 7.65. The van der Waals surface area contributed by atoms with E-state index in [1.165, 1.54) is 0 Å². The lowest BCUT2D eigenvalue weighted by Gasteiger charge is -2.27. The predicted molar refractivity (Wildman–Crippen MR) is 60.6 cm³/mol. The second-order valence-electron chi connectivity index (χ2n) is 3.45. The Hall–Kier alpha value is -0.950. The Morgan fingerprint density at radius 3 is 2.50 bits per heavy atom. The lowest BCUT2D eigenvalue weighted by molar-refractivity contribution is -0.139. The van der Waals surface area contributed by atoms with E-state index in [9.17, 15) is 9.59 Å². The lowest BCUT2D eigenvalue weighted by Crippen LogP contribution is -2.50. The Morgan fingerprint density at radius 2 is 2.00 bits per heavy atom. The summed E-state index contributed by atoms with van der Waals surface area (Å²) in [6.45, 7) is 1.02. The molecular formula is C9H16N2O4S. The van der Waals surface area contributed by atoms with E-state index in [1.54, 1.807) is 16.7 Å². The highest BCUT2D eigenvalue weighted by molar-refractivity contribution is 7.99. The molecule has 16 heavy (non-hydrogen) atoms. The zero-order valence-corrected chi connectivity index (χ0v) is 9.70. The summed E-state index contributed by atoms with van der Waals surface area (Å²) in [5, 5.41) is 19.9. The number of nitrogens with zero attached hydrogens (tertiary/aromatic N) is 1. The number of hydrogen-bond donors (Lipinski definition) is 3. The Kier molecular flexibility index (Phi) is 5.41. The molecule has 1 saturated heterocycles. The number of aliphatic carboxylic acids is 1. The van der Waals surface area contributed by atoms with Crippen LogP contribution in [0, 0.1) is 0 Å². The van der Waals surface area contributed by atoms with E-state index in [4.69, 9.17) is 10.2 Å². The van der Waals surface area contributed by atoms with Crippen LogP contribution in [0.15, 0.2) is 0 Å². The fourth-order valence-corrected chi connectivity index (χ4v) is 2.30. The molecule has 0 bridgehead atoms. The molecule has 1 rings (SSSR count). The largest absolute Gasteiger partial charge is 0.480 e. The number of carboxylic acid groups (broad SMARTS) is 1. The van der Waals surface area contributed by atoms with Gasteiger partial charge in [0.1, 0.15) is 6.04 Å². The van der Waals surface area contributed by atoms with E-state index in [2.05, 4.69) is 5.32 Å². The van der Waals surface area contributed by atoms with Crippen LogP contribution in [0.1, 0.15) is 6.42 Å². The van der Waals surface area contributed by atoms with Crippen molar-refractivity contribution in [2.24, 2.45) is 0 Å². The Balaban J connectivity index is 2.43. The molecule has 6 nitrogen and oxygen atoms in total. The molecule has 92 valence electrons. The van der Waals surface area contributed by atoms with E-state index in [0.717, 1.165) is 11.5 Å². The molecule has 0 aromatic heterocycles. The van der Waals surface area contributed by atoms with Crippen molar-refractivity contribution in [3.63, 3.8) is 0 Å². The number of nitrogens with one attached hydrogen (secondary N) is 1. The topological polar surface area (TPSA) is 89.9 Å². The second kappa shape index (κ2) is 6.59. The number of urea groups is 1. The van der Waals surface area contributed by atoms with Gasteiger partial charge in [-0.1, -0.05) is 0 Å². The number of carbonyl (C=O) groups excluding carboxylic acids is 1. The number of carboxylic acids is 1. The molecule has 2 amide bonds. The van der Waals surface area contributed by atoms with E-state index >= 15 is 0 Å². The number of amides is 2.